The zero-order valence-corrected chi connectivity index (χ0v) is 16.6. The maximum Gasteiger partial charge on any atom is 0.227 e. The van der Waals surface area contributed by atoms with E-state index in [0.29, 0.717) is 18.7 Å². The molecule has 1 atom stereocenters. The maximum atomic E-state index is 12.7. The van der Waals surface area contributed by atoms with Crippen LogP contribution in [0.3, 0.4) is 0 Å². The van der Waals surface area contributed by atoms with E-state index in [-0.39, 0.29) is 17.9 Å². The van der Waals surface area contributed by atoms with Crippen molar-refractivity contribution in [1.82, 2.24) is 0 Å². The molecule has 1 saturated carbocycles. The molecule has 0 radical (unpaired) electrons. The number of ether oxygens (including phenoxy) is 2. The van der Waals surface area contributed by atoms with Crippen LogP contribution in [-0.4, -0.2) is 25.7 Å². The van der Waals surface area contributed by atoms with E-state index in [2.05, 4.69) is 6.07 Å². The van der Waals surface area contributed by atoms with Crippen molar-refractivity contribution in [3.05, 3.63) is 47.5 Å². The number of carbonyl (C=O) groups is 1. The smallest absolute Gasteiger partial charge is 0.227 e. The highest BCUT2D eigenvalue weighted by atomic mass is 16.5. The van der Waals surface area contributed by atoms with E-state index in [1.165, 1.54) is 12.8 Å². The van der Waals surface area contributed by atoms with Crippen LogP contribution >= 0.6 is 0 Å². The second-order valence-corrected chi connectivity index (χ2v) is 7.94. The van der Waals surface area contributed by atoms with Crippen molar-refractivity contribution in [2.75, 3.05) is 24.3 Å². The van der Waals surface area contributed by atoms with E-state index in [9.17, 15) is 4.79 Å². The number of aryl methyl sites for hydroxylation is 1. The van der Waals surface area contributed by atoms with Crippen molar-refractivity contribution >= 4 is 17.3 Å². The lowest BCUT2D eigenvalue weighted by atomic mass is 9.98. The molecule has 1 aliphatic heterocycles. The van der Waals surface area contributed by atoms with E-state index in [1.807, 2.05) is 42.2 Å². The van der Waals surface area contributed by atoms with Crippen LogP contribution in [0.1, 0.15) is 49.1 Å². The first-order valence-electron chi connectivity index (χ1n) is 10.1. The third kappa shape index (κ3) is 3.79. The second kappa shape index (κ2) is 7.74. The third-order valence-electron chi connectivity index (χ3n) is 5.78. The molecule has 4 rings (SSSR count). The Morgan fingerprint density at radius 3 is 2.57 bits per heavy atom. The molecule has 5 heteroatoms. The zero-order valence-electron chi connectivity index (χ0n) is 16.6. The van der Waals surface area contributed by atoms with Crippen molar-refractivity contribution in [3.63, 3.8) is 0 Å². The molecule has 0 bridgehead atoms. The Labute approximate surface area is 166 Å². The molecule has 2 N–H and O–H groups in total. The van der Waals surface area contributed by atoms with Gasteiger partial charge in [-0.1, -0.05) is 6.07 Å². The normalized spacial score (nSPS) is 20.0. The van der Waals surface area contributed by atoms with Gasteiger partial charge >= 0.3 is 0 Å². The summed E-state index contributed by atoms with van der Waals surface area (Å²) < 4.78 is 11.7. The minimum Gasteiger partial charge on any atom is -0.493 e. The van der Waals surface area contributed by atoms with Gasteiger partial charge in [-0.05, 0) is 74.1 Å². The average molecular weight is 380 g/mol. The summed E-state index contributed by atoms with van der Waals surface area (Å²) in [4.78, 5) is 14.5. The van der Waals surface area contributed by atoms with Crippen molar-refractivity contribution in [2.45, 2.75) is 51.0 Å². The van der Waals surface area contributed by atoms with Gasteiger partial charge in [0.1, 0.15) is 0 Å². The summed E-state index contributed by atoms with van der Waals surface area (Å²) in [5, 5.41) is 0. The minimum atomic E-state index is 0.129. The number of amides is 1. The molecule has 1 saturated heterocycles. The molecule has 2 aliphatic rings. The molecule has 148 valence electrons. The molecule has 0 aromatic heterocycles. The number of carbonyl (C=O) groups excluding carboxylic acids is 1. The first-order chi connectivity index (χ1) is 13.5. The molecule has 0 spiro atoms. The standard InChI is InChI=1S/C23H28N2O3/c1-15-9-18(24)13-19(10-15)25-14-17(12-23(25)26)16-7-8-21(27-2)22(11-16)28-20-5-3-4-6-20/h7-11,13,17,20H,3-6,12,14,24H2,1-2H3/t17-/m0/s1. The maximum absolute atomic E-state index is 12.7. The quantitative estimate of drug-likeness (QED) is 0.780. The van der Waals surface area contributed by atoms with Crippen LogP contribution < -0.4 is 20.1 Å². The predicted molar refractivity (Wildman–Crippen MR) is 111 cm³/mol. The van der Waals surface area contributed by atoms with Gasteiger partial charge in [0.2, 0.25) is 5.91 Å². The molecule has 1 amide bonds. The van der Waals surface area contributed by atoms with Gasteiger partial charge in [0.15, 0.2) is 11.5 Å². The molecule has 5 nitrogen and oxygen atoms in total. The fraction of sp³-hybridized carbons (Fsp3) is 0.435. The Kier molecular flexibility index (Phi) is 5.16. The molecule has 1 aliphatic carbocycles. The number of hydrogen-bond donors (Lipinski definition) is 1. The highest BCUT2D eigenvalue weighted by molar-refractivity contribution is 5.97. The van der Waals surface area contributed by atoms with E-state index in [1.54, 1.807) is 7.11 Å². The Bertz CT molecular complexity index is 854. The number of nitrogens with two attached hydrogens (primary N) is 1. The average Bonchev–Trinajstić information content (AvgIpc) is 3.30. The Hall–Kier alpha value is -2.69. The summed E-state index contributed by atoms with van der Waals surface area (Å²) in [6.07, 6.45) is 5.39. The minimum absolute atomic E-state index is 0.129. The molecular formula is C23H28N2O3. The van der Waals surface area contributed by atoms with Crippen LogP contribution in [0.15, 0.2) is 36.4 Å². The number of benzene rings is 2. The topological polar surface area (TPSA) is 64.8 Å². The van der Waals surface area contributed by atoms with E-state index in [4.69, 9.17) is 15.2 Å². The van der Waals surface area contributed by atoms with Crippen molar-refractivity contribution in [3.8, 4) is 11.5 Å². The van der Waals surface area contributed by atoms with Crippen LogP contribution in [0.2, 0.25) is 0 Å². The molecule has 2 aromatic rings. The lowest BCUT2D eigenvalue weighted by molar-refractivity contribution is -0.117. The monoisotopic (exact) mass is 380 g/mol. The SMILES string of the molecule is COc1ccc([C@H]2CC(=O)N(c3cc(C)cc(N)c3)C2)cc1OC1CCCC1. The van der Waals surface area contributed by atoms with Crippen molar-refractivity contribution in [1.29, 1.82) is 0 Å². The molecule has 1 heterocycles. The molecule has 0 unspecified atom stereocenters. The third-order valence-corrected chi connectivity index (χ3v) is 5.78. The lowest BCUT2D eigenvalue weighted by Gasteiger charge is -2.20. The fourth-order valence-electron chi connectivity index (χ4n) is 4.35. The largest absolute Gasteiger partial charge is 0.493 e. The first-order valence-corrected chi connectivity index (χ1v) is 10.1. The van der Waals surface area contributed by atoms with Gasteiger partial charge in [-0.15, -0.1) is 0 Å². The van der Waals surface area contributed by atoms with Crippen molar-refractivity contribution < 1.29 is 14.3 Å². The first kappa shape index (κ1) is 18.7. The Morgan fingerprint density at radius 1 is 1.07 bits per heavy atom. The molecular weight excluding hydrogens is 352 g/mol. The Balaban J connectivity index is 1.56. The summed E-state index contributed by atoms with van der Waals surface area (Å²) in [6, 6.07) is 11.9. The predicted octanol–water partition coefficient (Wildman–Crippen LogP) is 4.43. The number of methoxy groups -OCH3 is 1. The van der Waals surface area contributed by atoms with Gasteiger partial charge < -0.3 is 20.1 Å². The molecule has 28 heavy (non-hydrogen) atoms. The summed E-state index contributed by atoms with van der Waals surface area (Å²) in [7, 11) is 1.67. The summed E-state index contributed by atoms with van der Waals surface area (Å²) in [5.41, 5.74) is 9.71. The molecule has 2 aromatic carbocycles. The van der Waals surface area contributed by atoms with Crippen LogP contribution in [0, 0.1) is 6.92 Å². The second-order valence-electron chi connectivity index (χ2n) is 7.94. The van der Waals surface area contributed by atoms with Gasteiger partial charge in [0, 0.05) is 30.3 Å². The summed E-state index contributed by atoms with van der Waals surface area (Å²) in [5.74, 6) is 1.80. The highest BCUT2D eigenvalue weighted by Gasteiger charge is 2.32. The van der Waals surface area contributed by atoms with Gasteiger partial charge in [0.25, 0.3) is 0 Å². The van der Waals surface area contributed by atoms with Crippen LogP contribution in [0.5, 0.6) is 11.5 Å². The number of hydrogen-bond acceptors (Lipinski definition) is 4. The number of anilines is 2. The Morgan fingerprint density at radius 2 is 1.86 bits per heavy atom. The van der Waals surface area contributed by atoms with Gasteiger partial charge in [-0.2, -0.15) is 0 Å². The number of rotatable bonds is 5. The van der Waals surface area contributed by atoms with E-state index >= 15 is 0 Å². The summed E-state index contributed by atoms with van der Waals surface area (Å²) in [6.45, 7) is 2.64. The highest BCUT2D eigenvalue weighted by Crippen LogP contribution is 2.38. The zero-order chi connectivity index (χ0) is 19.7. The fourth-order valence-corrected chi connectivity index (χ4v) is 4.35. The van der Waals surface area contributed by atoms with Crippen LogP contribution in [0.4, 0.5) is 11.4 Å². The van der Waals surface area contributed by atoms with Crippen LogP contribution in [0.25, 0.3) is 0 Å². The van der Waals surface area contributed by atoms with E-state index in [0.717, 1.165) is 41.2 Å². The lowest BCUT2D eigenvalue weighted by Crippen LogP contribution is -2.24. The number of nitrogens with zero attached hydrogens (tertiary/aromatic N) is 1. The van der Waals surface area contributed by atoms with Crippen LogP contribution in [-0.2, 0) is 4.79 Å². The van der Waals surface area contributed by atoms with Gasteiger partial charge in [-0.25, -0.2) is 0 Å². The molecule has 2 fully saturated rings. The number of nitrogen functional groups attached to an aromatic ring is 1. The van der Waals surface area contributed by atoms with E-state index < -0.39 is 0 Å². The van der Waals surface area contributed by atoms with Crippen molar-refractivity contribution in [2.24, 2.45) is 0 Å². The van der Waals surface area contributed by atoms with Gasteiger partial charge in [0.05, 0.1) is 13.2 Å². The summed E-state index contributed by atoms with van der Waals surface area (Å²) >= 11 is 0. The van der Waals surface area contributed by atoms with Gasteiger partial charge in [-0.3, -0.25) is 4.79 Å².